The zero-order valence-corrected chi connectivity index (χ0v) is 23.4. The Morgan fingerprint density at radius 3 is 2.44 bits per heavy atom. The van der Waals surface area contributed by atoms with E-state index in [-0.39, 0.29) is 28.8 Å². The summed E-state index contributed by atoms with van der Waals surface area (Å²) < 4.78 is 25.9. The number of fused-ring (bicyclic) bond motifs is 6. The van der Waals surface area contributed by atoms with E-state index in [9.17, 15) is 4.79 Å². The highest BCUT2D eigenvalue weighted by Crippen LogP contribution is 2.53. The standard InChI is InChI=1S/C28H40O5Si/c1-11-12-18-15-20(29)30-25-21-16(2)17(3)26(33-34(9,10)27(4,5)6)31-23(21)19-13-14-28(7,8)32-24(19)22(18)25/h13-17,26H,11-12H2,1-10H3/t16-,17-,26-/m0/s1. The Bertz CT molecular complexity index is 1200. The maximum absolute atomic E-state index is 12.6. The summed E-state index contributed by atoms with van der Waals surface area (Å²) >= 11 is 0. The van der Waals surface area contributed by atoms with Crippen LogP contribution in [-0.2, 0) is 10.8 Å². The van der Waals surface area contributed by atoms with Gasteiger partial charge in [0.05, 0.1) is 10.9 Å². The molecule has 0 aliphatic carbocycles. The lowest BCUT2D eigenvalue weighted by molar-refractivity contribution is -0.0642. The average molecular weight is 485 g/mol. The minimum Gasteiger partial charge on any atom is -0.482 e. The van der Waals surface area contributed by atoms with Gasteiger partial charge in [-0.3, -0.25) is 0 Å². The Morgan fingerprint density at radius 1 is 1.15 bits per heavy atom. The van der Waals surface area contributed by atoms with Crippen LogP contribution in [0.1, 0.15) is 84.4 Å². The minimum absolute atomic E-state index is 0.0668. The highest BCUT2D eigenvalue weighted by atomic mass is 28.4. The molecular weight excluding hydrogens is 444 g/mol. The van der Waals surface area contributed by atoms with Crippen LogP contribution in [0, 0.1) is 5.92 Å². The molecule has 0 fully saturated rings. The number of hydrogen-bond donors (Lipinski definition) is 0. The average Bonchev–Trinajstić information content (AvgIpc) is 2.69. The van der Waals surface area contributed by atoms with E-state index in [1.54, 1.807) is 6.07 Å². The lowest BCUT2D eigenvalue weighted by Gasteiger charge is -2.44. The first-order valence-corrected chi connectivity index (χ1v) is 15.5. The second kappa shape index (κ2) is 8.27. The highest BCUT2D eigenvalue weighted by molar-refractivity contribution is 6.74. The van der Waals surface area contributed by atoms with Crippen LogP contribution in [0.4, 0.5) is 0 Å². The number of aryl methyl sites for hydroxylation is 1. The molecule has 3 atom stereocenters. The van der Waals surface area contributed by atoms with E-state index in [2.05, 4.69) is 66.8 Å². The zero-order valence-electron chi connectivity index (χ0n) is 22.4. The van der Waals surface area contributed by atoms with Crippen molar-refractivity contribution in [2.24, 2.45) is 5.92 Å². The minimum atomic E-state index is -2.07. The van der Waals surface area contributed by atoms with E-state index in [1.165, 1.54) is 0 Å². The summed E-state index contributed by atoms with van der Waals surface area (Å²) in [4.78, 5) is 12.6. The van der Waals surface area contributed by atoms with Gasteiger partial charge in [-0.25, -0.2) is 4.79 Å². The highest BCUT2D eigenvalue weighted by Gasteiger charge is 2.46. The molecule has 0 bridgehead atoms. The number of ether oxygens (including phenoxy) is 2. The fraction of sp³-hybridized carbons (Fsp3) is 0.607. The molecule has 0 saturated carbocycles. The van der Waals surface area contributed by atoms with Crippen molar-refractivity contribution in [2.75, 3.05) is 0 Å². The first kappa shape index (κ1) is 25.1. The first-order chi connectivity index (χ1) is 15.7. The molecule has 3 heterocycles. The van der Waals surface area contributed by atoms with Gasteiger partial charge >= 0.3 is 5.63 Å². The fourth-order valence-corrected chi connectivity index (χ4v) is 5.83. The summed E-state index contributed by atoms with van der Waals surface area (Å²) in [6.07, 6.45) is 5.50. The molecule has 0 saturated heterocycles. The molecule has 0 N–H and O–H groups in total. The van der Waals surface area contributed by atoms with Crippen LogP contribution in [0.5, 0.6) is 11.5 Å². The van der Waals surface area contributed by atoms with Crippen LogP contribution in [0.15, 0.2) is 21.4 Å². The molecule has 0 radical (unpaired) electrons. The third-order valence-electron chi connectivity index (χ3n) is 7.91. The zero-order chi connectivity index (χ0) is 25.2. The van der Waals surface area contributed by atoms with Gasteiger partial charge < -0.3 is 18.3 Å². The van der Waals surface area contributed by atoms with E-state index in [0.717, 1.165) is 46.4 Å². The Hall–Kier alpha value is -2.05. The molecule has 2 aliphatic heterocycles. The van der Waals surface area contributed by atoms with Crippen LogP contribution in [0.3, 0.4) is 0 Å². The number of hydrogen-bond acceptors (Lipinski definition) is 5. The molecule has 0 spiro atoms. The van der Waals surface area contributed by atoms with Crippen molar-refractivity contribution in [1.82, 2.24) is 0 Å². The second-order valence-electron chi connectivity index (χ2n) is 12.1. The lowest BCUT2D eigenvalue weighted by atomic mass is 9.81. The third-order valence-corrected chi connectivity index (χ3v) is 12.3. The maximum atomic E-state index is 12.6. The van der Waals surface area contributed by atoms with Gasteiger partial charge in [-0.2, -0.15) is 0 Å². The van der Waals surface area contributed by atoms with E-state index in [0.29, 0.717) is 5.58 Å². The van der Waals surface area contributed by atoms with Crippen molar-refractivity contribution < 1.29 is 18.3 Å². The first-order valence-electron chi connectivity index (χ1n) is 12.6. The van der Waals surface area contributed by atoms with Crippen molar-refractivity contribution in [3.63, 3.8) is 0 Å². The fourth-order valence-electron chi connectivity index (χ4n) is 4.63. The predicted molar refractivity (Wildman–Crippen MR) is 140 cm³/mol. The largest absolute Gasteiger partial charge is 0.482 e. The number of rotatable bonds is 4. The van der Waals surface area contributed by atoms with Gasteiger partial charge in [0.15, 0.2) is 14.6 Å². The van der Waals surface area contributed by atoms with Gasteiger partial charge in [0.25, 0.3) is 0 Å². The van der Waals surface area contributed by atoms with Gasteiger partial charge in [-0.15, -0.1) is 0 Å². The van der Waals surface area contributed by atoms with Crippen LogP contribution < -0.4 is 15.1 Å². The third kappa shape index (κ3) is 4.13. The van der Waals surface area contributed by atoms with Gasteiger partial charge in [-0.05, 0) is 62.0 Å². The predicted octanol–water partition coefficient (Wildman–Crippen LogP) is 7.41. The Kier molecular flexibility index (Phi) is 6.09. The summed E-state index contributed by atoms with van der Waals surface area (Å²) in [5.74, 6) is 1.63. The van der Waals surface area contributed by atoms with Crippen molar-refractivity contribution in [1.29, 1.82) is 0 Å². The SMILES string of the molecule is CCCc1cc(=O)oc2c3c(c4c(c12)OC(C)(C)C=C4)O[C@@H](O[Si](C)(C)C(C)(C)C)[C@@H](C)[C@@H]3C. The van der Waals surface area contributed by atoms with E-state index >= 15 is 0 Å². The van der Waals surface area contributed by atoms with Gasteiger partial charge in [-0.1, -0.05) is 48.0 Å². The van der Waals surface area contributed by atoms with Crippen molar-refractivity contribution >= 4 is 25.4 Å². The monoisotopic (exact) mass is 484 g/mol. The van der Waals surface area contributed by atoms with E-state index < -0.39 is 13.9 Å². The van der Waals surface area contributed by atoms with Gasteiger partial charge in [0.2, 0.25) is 0 Å². The van der Waals surface area contributed by atoms with E-state index in [4.69, 9.17) is 18.3 Å². The molecule has 6 heteroatoms. The molecule has 0 unspecified atom stereocenters. The molecule has 0 amide bonds. The molecule has 1 aromatic heterocycles. The van der Waals surface area contributed by atoms with Crippen molar-refractivity contribution in [2.45, 2.75) is 104 Å². The van der Waals surface area contributed by atoms with Crippen LogP contribution in [0.25, 0.3) is 17.0 Å². The molecular formula is C28H40O5Si. The molecule has 2 aliphatic rings. The Balaban J connectivity index is 1.98. The molecule has 1 aromatic carbocycles. The van der Waals surface area contributed by atoms with Crippen molar-refractivity contribution in [3.8, 4) is 11.5 Å². The number of benzene rings is 1. The topological polar surface area (TPSA) is 57.9 Å². The van der Waals surface area contributed by atoms with Crippen LogP contribution in [0.2, 0.25) is 18.1 Å². The quantitative estimate of drug-likeness (QED) is 0.334. The molecule has 5 nitrogen and oxygen atoms in total. The molecule has 4 rings (SSSR count). The smallest absolute Gasteiger partial charge is 0.336 e. The Morgan fingerprint density at radius 2 is 1.82 bits per heavy atom. The van der Waals surface area contributed by atoms with Crippen LogP contribution >= 0.6 is 0 Å². The molecule has 2 aromatic rings. The van der Waals surface area contributed by atoms with Gasteiger partial charge in [0.1, 0.15) is 22.7 Å². The van der Waals surface area contributed by atoms with Crippen molar-refractivity contribution in [3.05, 3.63) is 39.3 Å². The maximum Gasteiger partial charge on any atom is 0.336 e. The van der Waals surface area contributed by atoms with Gasteiger partial charge in [0, 0.05) is 17.5 Å². The molecule has 186 valence electrons. The second-order valence-corrected chi connectivity index (χ2v) is 16.8. The lowest BCUT2D eigenvalue weighted by Crippen LogP contribution is -2.49. The van der Waals surface area contributed by atoms with Crippen LogP contribution in [-0.4, -0.2) is 20.2 Å². The molecule has 34 heavy (non-hydrogen) atoms. The summed E-state index contributed by atoms with van der Waals surface area (Å²) in [6, 6.07) is 1.62. The normalized spacial score (nSPS) is 23.8. The summed E-state index contributed by atoms with van der Waals surface area (Å²) in [6.45, 7) is 21.8. The summed E-state index contributed by atoms with van der Waals surface area (Å²) in [5, 5.41) is 0.969. The summed E-state index contributed by atoms with van der Waals surface area (Å²) in [7, 11) is -2.07. The Labute approximate surface area is 204 Å². The summed E-state index contributed by atoms with van der Waals surface area (Å²) in [5.41, 5.74) is 2.62. The van der Waals surface area contributed by atoms with E-state index in [1.807, 2.05) is 13.8 Å².